The van der Waals surface area contributed by atoms with Crippen LogP contribution in [0.15, 0.2) is 46.9 Å². The van der Waals surface area contributed by atoms with Gasteiger partial charge in [-0.1, -0.05) is 50.6 Å². The highest BCUT2D eigenvalue weighted by Gasteiger charge is 2.52. The van der Waals surface area contributed by atoms with Gasteiger partial charge in [0, 0.05) is 61.4 Å². The molecule has 404 valence electrons. The molecule has 5 rings (SSSR count). The number of aliphatic hydroxyl groups is 5. The van der Waals surface area contributed by atoms with Crippen LogP contribution in [-0.2, 0) is 57.0 Å². The topological polar surface area (TPSA) is 239 Å². The summed E-state index contributed by atoms with van der Waals surface area (Å²) in [6, 6.07) is 8.96. The third kappa shape index (κ3) is 15.1. The fourth-order valence-electron chi connectivity index (χ4n) is 10.5. The molecule has 71 heavy (non-hydrogen) atoms. The van der Waals surface area contributed by atoms with Gasteiger partial charge in [-0.05, 0) is 79.6 Å². The fraction of sp³-hybridized carbons (Fsp3) is 0.788. The maximum absolute atomic E-state index is 14.6. The number of aliphatic hydroxyl groups excluding tert-OH is 4. The highest BCUT2D eigenvalue weighted by atomic mass is 32.2. The first-order valence-electron chi connectivity index (χ1n) is 25.2. The quantitative estimate of drug-likeness (QED) is 0.0953. The zero-order chi connectivity index (χ0) is 52.5. The first-order chi connectivity index (χ1) is 33.5. The van der Waals surface area contributed by atoms with Crippen molar-refractivity contribution in [1.29, 1.82) is 0 Å². The number of thioether (sulfide) groups is 1. The van der Waals surface area contributed by atoms with Gasteiger partial charge in [-0.3, -0.25) is 9.59 Å². The van der Waals surface area contributed by atoms with Crippen LogP contribution in [0, 0.1) is 23.7 Å². The first kappa shape index (κ1) is 59.4. The second-order valence-electron chi connectivity index (χ2n) is 20.6. The molecular weight excluding hydrogens is 943 g/mol. The number of aldehydes is 1. The number of Topliss-reactive ketones (excluding diaryl/α,β-unsaturated/α-hetero) is 1. The lowest BCUT2D eigenvalue weighted by atomic mass is 9.79. The molecule has 4 heterocycles. The Kier molecular flexibility index (Phi) is 22.5. The summed E-state index contributed by atoms with van der Waals surface area (Å²) < 4.78 is 55.6. The summed E-state index contributed by atoms with van der Waals surface area (Å²) in [4.78, 5) is 43.9. The summed E-state index contributed by atoms with van der Waals surface area (Å²) in [5.74, 6) is -3.47. The third-order valence-corrected chi connectivity index (χ3v) is 16.3. The number of ketones is 1. The van der Waals surface area contributed by atoms with Crippen molar-refractivity contribution in [3.8, 4) is 0 Å². The van der Waals surface area contributed by atoms with Crippen molar-refractivity contribution in [2.75, 3.05) is 34.9 Å². The molecule has 22 atom stereocenters. The minimum absolute atomic E-state index is 0.0130. The number of benzene rings is 1. The Morgan fingerprint density at radius 3 is 2.11 bits per heavy atom. The van der Waals surface area contributed by atoms with Crippen molar-refractivity contribution in [2.45, 2.75) is 208 Å². The van der Waals surface area contributed by atoms with Crippen LogP contribution in [0.25, 0.3) is 0 Å². The van der Waals surface area contributed by atoms with Crippen LogP contribution in [-0.4, -0.2) is 192 Å². The first-order valence-corrected chi connectivity index (χ1v) is 26.0. The van der Waals surface area contributed by atoms with Crippen molar-refractivity contribution >= 4 is 29.8 Å². The monoisotopic (exact) mass is 1030 g/mol. The molecule has 19 heteroatoms. The van der Waals surface area contributed by atoms with E-state index < -0.39 is 140 Å². The molecule has 0 bridgehead atoms. The summed E-state index contributed by atoms with van der Waals surface area (Å²) in [5.41, 5.74) is -0.662. The van der Waals surface area contributed by atoms with Gasteiger partial charge >= 0.3 is 5.97 Å². The summed E-state index contributed by atoms with van der Waals surface area (Å²) >= 11 is 1.53. The molecule has 0 aromatic heterocycles. The van der Waals surface area contributed by atoms with E-state index in [1.165, 1.54) is 32.9 Å². The van der Waals surface area contributed by atoms with Crippen LogP contribution >= 0.6 is 11.8 Å². The molecule has 0 radical (unpaired) electrons. The molecule has 5 N–H and O–H groups in total. The number of esters is 1. The Bertz CT molecular complexity index is 1860. The van der Waals surface area contributed by atoms with Crippen LogP contribution in [0.1, 0.15) is 93.9 Å². The minimum Gasteiger partial charge on any atom is -0.462 e. The molecule has 0 saturated carbocycles. The van der Waals surface area contributed by atoms with E-state index in [0.717, 1.165) is 16.8 Å². The smallest absolute Gasteiger partial charge is 0.308 e. The minimum atomic E-state index is -1.50. The van der Waals surface area contributed by atoms with Crippen molar-refractivity contribution in [3.05, 3.63) is 42.0 Å². The predicted molar refractivity (Wildman–Crippen MR) is 262 cm³/mol. The van der Waals surface area contributed by atoms with Gasteiger partial charge in [-0.25, -0.2) is 0 Å². The Balaban J connectivity index is 1.48. The number of carbonyl (C=O) groups is 3. The Hall–Kier alpha value is -2.44. The summed E-state index contributed by atoms with van der Waals surface area (Å²) in [5, 5.41) is 56.0. The van der Waals surface area contributed by atoms with E-state index in [1.54, 1.807) is 46.7 Å². The Morgan fingerprint density at radius 1 is 0.845 bits per heavy atom. The van der Waals surface area contributed by atoms with E-state index in [4.69, 9.17) is 42.6 Å². The maximum atomic E-state index is 14.6. The van der Waals surface area contributed by atoms with Gasteiger partial charge in [0.15, 0.2) is 18.9 Å². The van der Waals surface area contributed by atoms with Crippen LogP contribution < -0.4 is 0 Å². The van der Waals surface area contributed by atoms with E-state index in [9.17, 15) is 39.9 Å². The lowest BCUT2D eigenvalue weighted by Crippen LogP contribution is -2.65. The van der Waals surface area contributed by atoms with Crippen molar-refractivity contribution in [3.63, 3.8) is 0 Å². The van der Waals surface area contributed by atoms with E-state index >= 15 is 0 Å². The second kappa shape index (κ2) is 26.9. The predicted octanol–water partition coefficient (Wildman–Crippen LogP) is 3.83. The molecular formula is C52H83NO17S. The molecule has 3 fully saturated rings. The summed E-state index contributed by atoms with van der Waals surface area (Å²) in [6.45, 7) is 13.9. The number of rotatable bonds is 15. The van der Waals surface area contributed by atoms with Gasteiger partial charge in [-0.15, -0.1) is 11.8 Å². The Labute approximate surface area is 424 Å². The fourth-order valence-corrected chi connectivity index (χ4v) is 11.7. The average molecular weight is 1030 g/mol. The molecule has 1 unspecified atom stereocenters. The number of carbonyl (C=O) groups excluding carboxylic acids is 3. The zero-order valence-electron chi connectivity index (χ0n) is 43.6. The average Bonchev–Trinajstić information content (AvgIpc) is 3.31. The van der Waals surface area contributed by atoms with E-state index in [0.29, 0.717) is 6.42 Å². The summed E-state index contributed by atoms with van der Waals surface area (Å²) in [7, 11) is 6.48. The van der Waals surface area contributed by atoms with Crippen molar-refractivity contribution in [2.24, 2.45) is 23.7 Å². The molecule has 1 aromatic rings. The number of hydrogen-bond donors (Lipinski definition) is 5. The molecule has 1 aromatic carbocycles. The molecule has 4 aliphatic rings. The van der Waals surface area contributed by atoms with Gasteiger partial charge in [0.1, 0.15) is 54.8 Å². The van der Waals surface area contributed by atoms with Gasteiger partial charge < -0.3 is 77.9 Å². The van der Waals surface area contributed by atoms with Gasteiger partial charge in [0.05, 0.1) is 55.2 Å². The normalized spacial score (nSPS) is 43.4. The van der Waals surface area contributed by atoms with Gasteiger partial charge in [0.2, 0.25) is 0 Å². The van der Waals surface area contributed by atoms with Crippen LogP contribution in [0.3, 0.4) is 0 Å². The lowest BCUT2D eigenvalue weighted by molar-refractivity contribution is -0.341. The maximum Gasteiger partial charge on any atom is 0.308 e. The highest BCUT2D eigenvalue weighted by molar-refractivity contribution is 8.00. The number of likely N-dealkylation sites (N-methyl/N-ethyl adjacent to an activating group) is 1. The van der Waals surface area contributed by atoms with Crippen molar-refractivity contribution in [1.82, 2.24) is 4.90 Å². The number of hydrogen-bond acceptors (Lipinski definition) is 19. The molecule has 0 aliphatic carbocycles. The highest BCUT2D eigenvalue weighted by Crippen LogP contribution is 2.39. The molecule has 0 amide bonds. The van der Waals surface area contributed by atoms with Gasteiger partial charge in [0.25, 0.3) is 0 Å². The lowest BCUT2D eigenvalue weighted by Gasteiger charge is -2.50. The number of nitrogens with zero attached hydrogens (tertiary/aromatic N) is 1. The SMILES string of the molecule is CC[C@H]1OC(=O)C[C@@H](O)[C@H](C)[C@@H](O[C@@H]2O[C@H](C)[C@@H](O[C@H]3C[C@@](C)(O)[C@@H](O)[C@H](C)O3)[C@H](N(C)C)[C@H]2O)[C@@H](CC=O)C[C@@H](C)C(=O)CC(Sc2ccccc2)/C(C)=C/[C@H]1CO[C@@H]1O[C@H](C)[C@@H](O)[C@@H](OC)[C@H]1OC. The number of cyclic esters (lactones) is 1. The molecule has 18 nitrogen and oxygen atoms in total. The van der Waals surface area contributed by atoms with Crippen molar-refractivity contribution < 1.29 is 82.5 Å². The van der Waals surface area contributed by atoms with E-state index in [2.05, 4.69) is 0 Å². The molecule has 0 spiro atoms. The number of ether oxygens (including phenoxy) is 9. The largest absolute Gasteiger partial charge is 0.462 e. The van der Waals surface area contributed by atoms with Crippen LogP contribution in [0.2, 0.25) is 0 Å². The van der Waals surface area contributed by atoms with E-state index in [-0.39, 0.29) is 43.3 Å². The Morgan fingerprint density at radius 2 is 1.51 bits per heavy atom. The standard InChI is InChI=1S/C52H83NO17S/c1-13-38-34(26-64-51-48(63-12)47(62-11)43(58)30(5)66-51)22-28(3)39(71-35-17-15-14-16-18-35)23-36(55)27(2)21-33(19-20-54)45(29(4)37(56)24-40(57)68-38)70-50-44(59)42(53(9)10)46(31(6)67-50)69-41-25-52(8,61)49(60)32(7)65-41/h14-18,20,22,27,29-34,37-39,41-51,56,58-61H,13,19,21,23-26H2,1-12H3/b28-22+/t27-,29+,30-,31-,32+,33+,34+,37-,38-,39?,41+,42-,43-,44-,45-,46-,47-,48-,49+,50+,51-,52-/m1/s1. The van der Waals surface area contributed by atoms with E-state index in [1.807, 2.05) is 57.2 Å². The zero-order valence-corrected chi connectivity index (χ0v) is 44.4. The molecule has 4 aliphatic heterocycles. The second-order valence-corrected chi connectivity index (χ2v) is 21.9. The number of methoxy groups -OCH3 is 2. The van der Waals surface area contributed by atoms with Gasteiger partial charge in [-0.2, -0.15) is 0 Å². The molecule has 3 saturated heterocycles. The summed E-state index contributed by atoms with van der Waals surface area (Å²) in [6.07, 6.45) is -11.6. The van der Waals surface area contributed by atoms with Crippen LogP contribution in [0.5, 0.6) is 0 Å². The van der Waals surface area contributed by atoms with Crippen LogP contribution in [0.4, 0.5) is 0 Å². The third-order valence-electron chi connectivity index (χ3n) is 14.9.